The lowest BCUT2D eigenvalue weighted by Crippen LogP contribution is -2.36. The largest absolute Gasteiger partial charge is 0.325 e. The van der Waals surface area contributed by atoms with Crippen LogP contribution < -0.4 is 16.6 Å². The molecule has 1 aromatic rings. The fourth-order valence-corrected chi connectivity index (χ4v) is 2.07. The van der Waals surface area contributed by atoms with Crippen molar-refractivity contribution in [3.05, 3.63) is 29.3 Å². The first-order chi connectivity index (χ1) is 7.83. The molecule has 0 saturated heterocycles. The van der Waals surface area contributed by atoms with Crippen LogP contribution in [0.2, 0.25) is 0 Å². The molecule has 0 aromatic heterocycles. The van der Waals surface area contributed by atoms with Gasteiger partial charge in [-0.1, -0.05) is 6.07 Å². The van der Waals surface area contributed by atoms with E-state index in [0.717, 1.165) is 5.69 Å². The van der Waals surface area contributed by atoms with Gasteiger partial charge in [0.1, 0.15) is 0 Å². The van der Waals surface area contributed by atoms with E-state index >= 15 is 0 Å². The Kier molecular flexibility index (Phi) is 3.41. The monoisotopic (exact) mass is 218 g/mol. The maximum absolute atomic E-state index is 5.38. The van der Waals surface area contributed by atoms with Gasteiger partial charge in [-0.2, -0.15) is 0 Å². The summed E-state index contributed by atoms with van der Waals surface area (Å²) < 4.78 is 0. The Bertz CT molecular complexity index is 398. The molecule has 0 unspecified atom stereocenters. The lowest BCUT2D eigenvalue weighted by Gasteiger charge is -2.10. The number of hydrazine groups is 1. The zero-order chi connectivity index (χ0) is 11.4. The third-order valence-electron chi connectivity index (χ3n) is 2.81. The molecule has 4 nitrogen and oxygen atoms in total. The molecule has 0 spiro atoms. The molecule has 0 fully saturated rings. The molecule has 1 aliphatic rings. The van der Waals surface area contributed by atoms with E-state index in [9.17, 15) is 0 Å². The molecular weight excluding hydrogens is 200 g/mol. The molecular formula is C12H18N4. The number of guanidine groups is 1. The molecule has 0 saturated carbocycles. The summed E-state index contributed by atoms with van der Waals surface area (Å²) in [5.41, 5.74) is 6.52. The van der Waals surface area contributed by atoms with Crippen LogP contribution in [-0.4, -0.2) is 12.5 Å². The predicted molar refractivity (Wildman–Crippen MR) is 67.4 cm³/mol. The van der Waals surface area contributed by atoms with Gasteiger partial charge in [-0.05, 0) is 49.4 Å². The predicted octanol–water partition coefficient (Wildman–Crippen LogP) is 1.43. The fourth-order valence-electron chi connectivity index (χ4n) is 2.07. The van der Waals surface area contributed by atoms with Gasteiger partial charge in [-0.25, -0.2) is 5.84 Å². The van der Waals surface area contributed by atoms with E-state index < -0.39 is 0 Å². The Morgan fingerprint density at radius 2 is 2.19 bits per heavy atom. The Morgan fingerprint density at radius 3 is 2.94 bits per heavy atom. The van der Waals surface area contributed by atoms with Crippen molar-refractivity contribution in [3.8, 4) is 0 Å². The first kappa shape index (κ1) is 11.0. The molecule has 86 valence electrons. The van der Waals surface area contributed by atoms with Crippen molar-refractivity contribution in [1.29, 1.82) is 0 Å². The van der Waals surface area contributed by atoms with Gasteiger partial charge >= 0.3 is 0 Å². The van der Waals surface area contributed by atoms with Crippen LogP contribution in [-0.2, 0) is 12.8 Å². The number of nitrogens with one attached hydrogen (secondary N) is 2. The molecule has 0 bridgehead atoms. The van der Waals surface area contributed by atoms with Gasteiger partial charge in [-0.15, -0.1) is 0 Å². The van der Waals surface area contributed by atoms with Crippen molar-refractivity contribution in [2.45, 2.75) is 26.2 Å². The van der Waals surface area contributed by atoms with Gasteiger partial charge < -0.3 is 5.32 Å². The van der Waals surface area contributed by atoms with Gasteiger partial charge in [0.05, 0.1) is 0 Å². The summed E-state index contributed by atoms with van der Waals surface area (Å²) in [7, 11) is 0. The van der Waals surface area contributed by atoms with E-state index in [0.29, 0.717) is 12.5 Å². The number of anilines is 1. The van der Waals surface area contributed by atoms with Crippen LogP contribution in [0.5, 0.6) is 0 Å². The van der Waals surface area contributed by atoms with Crippen molar-refractivity contribution in [3.63, 3.8) is 0 Å². The van der Waals surface area contributed by atoms with E-state index in [-0.39, 0.29) is 0 Å². The molecule has 0 radical (unpaired) electrons. The zero-order valence-corrected chi connectivity index (χ0v) is 9.59. The first-order valence-electron chi connectivity index (χ1n) is 5.73. The summed E-state index contributed by atoms with van der Waals surface area (Å²) in [5, 5.41) is 3.17. The van der Waals surface area contributed by atoms with E-state index in [1.807, 2.05) is 6.92 Å². The number of benzene rings is 1. The van der Waals surface area contributed by atoms with Crippen molar-refractivity contribution in [2.75, 3.05) is 11.9 Å². The molecule has 16 heavy (non-hydrogen) atoms. The molecule has 1 aromatic carbocycles. The number of nitrogens with zero attached hydrogens (tertiary/aromatic N) is 1. The molecule has 2 rings (SSSR count). The van der Waals surface area contributed by atoms with Gasteiger partial charge in [0.2, 0.25) is 5.96 Å². The maximum atomic E-state index is 5.38. The fraction of sp³-hybridized carbons (Fsp3) is 0.417. The first-order valence-corrected chi connectivity index (χ1v) is 5.73. The van der Waals surface area contributed by atoms with Crippen LogP contribution >= 0.6 is 0 Å². The van der Waals surface area contributed by atoms with Crippen LogP contribution in [0.25, 0.3) is 0 Å². The molecule has 0 aliphatic heterocycles. The quantitative estimate of drug-likeness (QED) is 0.304. The Hall–Kier alpha value is -1.55. The number of fused-ring (bicyclic) bond motifs is 1. The van der Waals surface area contributed by atoms with E-state index in [1.54, 1.807) is 0 Å². The van der Waals surface area contributed by atoms with E-state index in [4.69, 9.17) is 5.84 Å². The second kappa shape index (κ2) is 4.99. The molecule has 0 atom stereocenters. The highest BCUT2D eigenvalue weighted by atomic mass is 15.3. The van der Waals surface area contributed by atoms with Crippen molar-refractivity contribution < 1.29 is 0 Å². The maximum Gasteiger partial charge on any atom is 0.210 e. The van der Waals surface area contributed by atoms with Crippen molar-refractivity contribution >= 4 is 11.6 Å². The summed E-state index contributed by atoms with van der Waals surface area (Å²) in [6.45, 7) is 2.68. The molecule has 0 amide bonds. The lowest BCUT2D eigenvalue weighted by atomic mass is 10.1. The van der Waals surface area contributed by atoms with E-state index in [1.165, 1.54) is 30.4 Å². The second-order valence-electron chi connectivity index (χ2n) is 3.93. The minimum Gasteiger partial charge on any atom is -0.325 e. The standard InChI is InChI=1S/C12H18N4/c1-2-14-12(16-13)15-11-7-6-9-4-3-5-10(9)8-11/h6-8H,2-5,13H2,1H3,(H2,14,15,16). The number of aliphatic imine (C=N–C) groups is 1. The van der Waals surface area contributed by atoms with Crippen molar-refractivity contribution in [2.24, 2.45) is 10.8 Å². The van der Waals surface area contributed by atoms with Gasteiger partial charge in [0, 0.05) is 12.2 Å². The Morgan fingerprint density at radius 1 is 1.38 bits per heavy atom. The van der Waals surface area contributed by atoms with Crippen molar-refractivity contribution in [1.82, 2.24) is 5.43 Å². The van der Waals surface area contributed by atoms with Gasteiger partial charge in [-0.3, -0.25) is 10.4 Å². The third-order valence-corrected chi connectivity index (χ3v) is 2.81. The van der Waals surface area contributed by atoms with Crippen LogP contribution in [0.3, 0.4) is 0 Å². The molecule has 4 N–H and O–H groups in total. The normalized spacial score (nSPS) is 14.8. The summed E-state index contributed by atoms with van der Waals surface area (Å²) >= 11 is 0. The number of nitrogens with two attached hydrogens (primary N) is 1. The number of hydrogen-bond donors (Lipinski definition) is 3. The minimum absolute atomic E-state index is 0.612. The number of hydrogen-bond acceptors (Lipinski definition) is 2. The number of aryl methyl sites for hydroxylation is 2. The molecule has 0 heterocycles. The summed E-state index contributed by atoms with van der Waals surface area (Å²) in [4.78, 5) is 4.20. The minimum atomic E-state index is 0.612. The Labute approximate surface area is 95.9 Å². The topological polar surface area (TPSA) is 62.4 Å². The highest BCUT2D eigenvalue weighted by Crippen LogP contribution is 2.24. The van der Waals surface area contributed by atoms with E-state index in [2.05, 4.69) is 33.9 Å². The van der Waals surface area contributed by atoms with Crippen LogP contribution in [0, 0.1) is 0 Å². The zero-order valence-electron chi connectivity index (χ0n) is 9.59. The smallest absolute Gasteiger partial charge is 0.210 e. The Balaban J connectivity index is 2.13. The SMILES string of the molecule is CCN=C(NN)Nc1ccc2c(c1)CCC2. The lowest BCUT2D eigenvalue weighted by molar-refractivity contribution is 0.912. The summed E-state index contributed by atoms with van der Waals surface area (Å²) in [6.07, 6.45) is 3.66. The van der Waals surface area contributed by atoms with Crippen LogP contribution in [0.1, 0.15) is 24.5 Å². The average molecular weight is 218 g/mol. The third kappa shape index (κ3) is 2.33. The highest BCUT2D eigenvalue weighted by molar-refractivity contribution is 5.93. The second-order valence-corrected chi connectivity index (χ2v) is 3.93. The highest BCUT2D eigenvalue weighted by Gasteiger charge is 2.10. The van der Waals surface area contributed by atoms with Gasteiger partial charge in [0.15, 0.2) is 0 Å². The molecule has 1 aliphatic carbocycles. The number of rotatable bonds is 2. The van der Waals surface area contributed by atoms with Crippen LogP contribution in [0.15, 0.2) is 23.2 Å². The van der Waals surface area contributed by atoms with Gasteiger partial charge in [0.25, 0.3) is 0 Å². The van der Waals surface area contributed by atoms with Crippen LogP contribution in [0.4, 0.5) is 5.69 Å². The summed E-state index contributed by atoms with van der Waals surface area (Å²) in [5.74, 6) is 5.99. The molecule has 4 heteroatoms. The average Bonchev–Trinajstić information content (AvgIpc) is 2.75. The summed E-state index contributed by atoms with van der Waals surface area (Å²) in [6, 6.07) is 6.45.